The molecule has 1 amide bonds. The lowest BCUT2D eigenvalue weighted by atomic mass is 9.96. The molecule has 2 aliphatic rings. The average molecular weight is 381 g/mol. The minimum atomic E-state index is -0.811. The molecule has 0 saturated carbocycles. The predicted octanol–water partition coefficient (Wildman–Crippen LogP) is 3.40. The van der Waals surface area contributed by atoms with Gasteiger partial charge in [0.25, 0.3) is 0 Å². The van der Waals surface area contributed by atoms with E-state index in [1.54, 1.807) is 0 Å². The Morgan fingerprint density at radius 2 is 1.71 bits per heavy atom. The second kappa shape index (κ2) is 8.02. The summed E-state index contributed by atoms with van der Waals surface area (Å²) in [5, 5.41) is 11.8. The van der Waals surface area contributed by atoms with Crippen LogP contribution < -0.4 is 5.32 Å². The first-order valence-corrected chi connectivity index (χ1v) is 9.56. The molecule has 0 bridgehead atoms. The molecule has 0 radical (unpaired) electrons. The number of rotatable bonds is 5. The maximum absolute atomic E-state index is 12.2. The molecular weight excluding hydrogens is 358 g/mol. The first-order valence-electron chi connectivity index (χ1n) is 9.56. The SMILES string of the molecule is O=C(NC[C@@H]1C[C@H](C(=O)O)CCO1)OCC1c2ccccc2-c2ccccc21. The molecule has 6 heteroatoms. The number of aliphatic carboxylic acids is 1. The summed E-state index contributed by atoms with van der Waals surface area (Å²) in [6.07, 6.45) is 0.105. The molecule has 28 heavy (non-hydrogen) atoms. The van der Waals surface area contributed by atoms with Crippen LogP contribution in [0.5, 0.6) is 0 Å². The Hall–Kier alpha value is -2.86. The number of amides is 1. The summed E-state index contributed by atoms with van der Waals surface area (Å²) in [4.78, 5) is 23.3. The van der Waals surface area contributed by atoms with Crippen LogP contribution in [0.25, 0.3) is 11.1 Å². The zero-order chi connectivity index (χ0) is 19.5. The fourth-order valence-corrected chi connectivity index (χ4v) is 4.09. The van der Waals surface area contributed by atoms with Crippen LogP contribution in [0.4, 0.5) is 4.79 Å². The van der Waals surface area contributed by atoms with Gasteiger partial charge >= 0.3 is 12.1 Å². The highest BCUT2D eigenvalue weighted by Gasteiger charge is 2.30. The van der Waals surface area contributed by atoms with Gasteiger partial charge in [-0.1, -0.05) is 48.5 Å². The smallest absolute Gasteiger partial charge is 0.407 e. The van der Waals surface area contributed by atoms with E-state index in [4.69, 9.17) is 14.6 Å². The quantitative estimate of drug-likeness (QED) is 0.829. The van der Waals surface area contributed by atoms with Crippen molar-refractivity contribution in [3.8, 4) is 11.1 Å². The van der Waals surface area contributed by atoms with Crippen LogP contribution in [0.1, 0.15) is 29.9 Å². The summed E-state index contributed by atoms with van der Waals surface area (Å²) in [5.41, 5.74) is 4.69. The predicted molar refractivity (Wildman–Crippen MR) is 103 cm³/mol. The summed E-state index contributed by atoms with van der Waals surface area (Å²) in [5.74, 6) is -1.21. The third-order valence-electron chi connectivity index (χ3n) is 5.53. The molecule has 0 spiro atoms. The van der Waals surface area contributed by atoms with Gasteiger partial charge in [-0.2, -0.15) is 0 Å². The number of carbonyl (C=O) groups is 2. The lowest BCUT2D eigenvalue weighted by Crippen LogP contribution is -2.39. The van der Waals surface area contributed by atoms with Crippen molar-refractivity contribution in [2.24, 2.45) is 5.92 Å². The third kappa shape index (κ3) is 3.73. The highest BCUT2D eigenvalue weighted by molar-refractivity contribution is 5.79. The monoisotopic (exact) mass is 381 g/mol. The van der Waals surface area contributed by atoms with E-state index in [-0.39, 0.29) is 25.2 Å². The first-order chi connectivity index (χ1) is 13.6. The number of hydrogen-bond donors (Lipinski definition) is 2. The number of benzene rings is 2. The summed E-state index contributed by atoms with van der Waals surface area (Å²) >= 11 is 0. The summed E-state index contributed by atoms with van der Waals surface area (Å²) in [7, 11) is 0. The molecule has 2 atom stereocenters. The molecule has 6 nitrogen and oxygen atoms in total. The molecule has 2 aromatic carbocycles. The molecule has 4 rings (SSSR count). The Labute approximate surface area is 163 Å². The minimum absolute atomic E-state index is 0.0143. The zero-order valence-electron chi connectivity index (χ0n) is 15.5. The second-order valence-corrected chi connectivity index (χ2v) is 7.26. The maximum Gasteiger partial charge on any atom is 0.407 e. The van der Waals surface area contributed by atoms with Gasteiger partial charge in [-0.05, 0) is 35.1 Å². The Balaban J connectivity index is 1.33. The number of fused-ring (bicyclic) bond motifs is 3. The standard InChI is InChI=1S/C22H23NO5/c24-21(25)14-9-10-27-15(11-14)12-23-22(26)28-13-20-18-7-3-1-5-16(18)17-6-2-4-8-19(17)20/h1-8,14-15,20H,9-13H2,(H,23,26)(H,24,25)/t14-,15+/m1/s1. The molecule has 1 aliphatic carbocycles. The Bertz CT molecular complexity index is 835. The lowest BCUT2D eigenvalue weighted by molar-refractivity contribution is -0.146. The molecule has 1 fully saturated rings. The van der Waals surface area contributed by atoms with E-state index in [0.717, 1.165) is 11.1 Å². The summed E-state index contributed by atoms with van der Waals surface area (Å²) < 4.78 is 11.0. The lowest BCUT2D eigenvalue weighted by Gasteiger charge is -2.27. The topological polar surface area (TPSA) is 84.9 Å². The van der Waals surface area contributed by atoms with Crippen molar-refractivity contribution in [3.05, 3.63) is 59.7 Å². The van der Waals surface area contributed by atoms with Crippen LogP contribution in [0.3, 0.4) is 0 Å². The number of nitrogens with one attached hydrogen (secondary N) is 1. The third-order valence-corrected chi connectivity index (χ3v) is 5.53. The Kier molecular flexibility index (Phi) is 5.30. The fourth-order valence-electron chi connectivity index (χ4n) is 4.09. The van der Waals surface area contributed by atoms with Crippen molar-refractivity contribution in [3.63, 3.8) is 0 Å². The maximum atomic E-state index is 12.2. The van der Waals surface area contributed by atoms with Crippen LogP contribution in [-0.4, -0.2) is 43.0 Å². The number of hydrogen-bond acceptors (Lipinski definition) is 4. The highest BCUT2D eigenvalue weighted by atomic mass is 16.5. The van der Waals surface area contributed by atoms with Crippen LogP contribution in [-0.2, 0) is 14.3 Å². The Morgan fingerprint density at radius 3 is 2.36 bits per heavy atom. The number of carboxylic acids is 1. The molecular formula is C22H23NO5. The van der Waals surface area contributed by atoms with E-state index in [1.807, 2.05) is 24.3 Å². The van der Waals surface area contributed by atoms with E-state index in [2.05, 4.69) is 29.6 Å². The van der Waals surface area contributed by atoms with Gasteiger partial charge in [0.15, 0.2) is 0 Å². The van der Waals surface area contributed by atoms with Crippen molar-refractivity contribution >= 4 is 12.1 Å². The molecule has 0 aromatic heterocycles. The van der Waals surface area contributed by atoms with Crippen LogP contribution in [0.2, 0.25) is 0 Å². The van der Waals surface area contributed by atoms with E-state index in [9.17, 15) is 9.59 Å². The molecule has 1 saturated heterocycles. The van der Waals surface area contributed by atoms with Crippen LogP contribution >= 0.6 is 0 Å². The van der Waals surface area contributed by atoms with Crippen molar-refractivity contribution in [1.82, 2.24) is 5.32 Å². The fraction of sp³-hybridized carbons (Fsp3) is 0.364. The van der Waals surface area contributed by atoms with E-state index in [0.29, 0.717) is 19.4 Å². The van der Waals surface area contributed by atoms with Crippen molar-refractivity contribution in [2.75, 3.05) is 19.8 Å². The molecule has 2 aromatic rings. The number of alkyl carbamates (subject to hydrolysis) is 1. The number of ether oxygens (including phenoxy) is 2. The second-order valence-electron chi connectivity index (χ2n) is 7.26. The molecule has 146 valence electrons. The van der Waals surface area contributed by atoms with Gasteiger partial charge in [0.2, 0.25) is 0 Å². The number of carbonyl (C=O) groups excluding carboxylic acids is 1. The number of carboxylic acid groups (broad SMARTS) is 1. The normalized spacial score (nSPS) is 20.9. The molecule has 1 aliphatic heterocycles. The van der Waals surface area contributed by atoms with Gasteiger partial charge in [0.1, 0.15) is 6.61 Å². The van der Waals surface area contributed by atoms with E-state index < -0.39 is 18.0 Å². The Morgan fingerprint density at radius 1 is 1.07 bits per heavy atom. The van der Waals surface area contributed by atoms with Crippen molar-refractivity contribution in [1.29, 1.82) is 0 Å². The van der Waals surface area contributed by atoms with Crippen molar-refractivity contribution < 1.29 is 24.2 Å². The van der Waals surface area contributed by atoms with Gasteiger partial charge in [0.05, 0.1) is 12.0 Å². The van der Waals surface area contributed by atoms with Crippen LogP contribution in [0, 0.1) is 5.92 Å². The van der Waals surface area contributed by atoms with E-state index >= 15 is 0 Å². The highest BCUT2D eigenvalue weighted by Crippen LogP contribution is 2.44. The van der Waals surface area contributed by atoms with Gasteiger partial charge in [-0.3, -0.25) is 4.79 Å². The molecule has 0 unspecified atom stereocenters. The summed E-state index contributed by atoms with van der Waals surface area (Å²) in [6.45, 7) is 0.900. The van der Waals surface area contributed by atoms with Gasteiger partial charge in [-0.15, -0.1) is 0 Å². The molecule has 1 heterocycles. The van der Waals surface area contributed by atoms with E-state index in [1.165, 1.54) is 11.1 Å². The van der Waals surface area contributed by atoms with Gasteiger partial charge < -0.3 is 19.9 Å². The van der Waals surface area contributed by atoms with Crippen molar-refractivity contribution in [2.45, 2.75) is 24.9 Å². The van der Waals surface area contributed by atoms with Crippen LogP contribution in [0.15, 0.2) is 48.5 Å². The average Bonchev–Trinajstić information content (AvgIpc) is 3.05. The van der Waals surface area contributed by atoms with Gasteiger partial charge in [0, 0.05) is 19.1 Å². The largest absolute Gasteiger partial charge is 0.481 e. The summed E-state index contributed by atoms with van der Waals surface area (Å²) in [6, 6.07) is 16.3. The van der Waals surface area contributed by atoms with Gasteiger partial charge in [-0.25, -0.2) is 4.79 Å². The minimum Gasteiger partial charge on any atom is -0.481 e. The molecule has 2 N–H and O–H groups in total. The zero-order valence-corrected chi connectivity index (χ0v) is 15.5. The first kappa shape index (κ1) is 18.5.